The number of urea groups is 2. The lowest BCUT2D eigenvalue weighted by Gasteiger charge is -2.09. The van der Waals surface area contributed by atoms with Gasteiger partial charge in [-0.05, 0) is 12.7 Å². The minimum absolute atomic E-state index is 0.285. The van der Waals surface area contributed by atoms with Gasteiger partial charge in [-0.15, -0.1) is 0 Å². The number of thioether (sulfide) groups is 1. The molecule has 0 fully saturated rings. The van der Waals surface area contributed by atoms with Crippen LogP contribution in [0.25, 0.3) is 0 Å². The van der Waals surface area contributed by atoms with Crippen molar-refractivity contribution in [3.8, 4) is 0 Å². The van der Waals surface area contributed by atoms with Crippen LogP contribution in [-0.2, 0) is 0 Å². The summed E-state index contributed by atoms with van der Waals surface area (Å²) in [6, 6.07) is -0.748. The molecule has 0 aromatic rings. The van der Waals surface area contributed by atoms with Crippen LogP contribution in [0.3, 0.4) is 0 Å². The highest BCUT2D eigenvalue weighted by molar-refractivity contribution is 8.13. The first-order chi connectivity index (χ1) is 7.51. The van der Waals surface area contributed by atoms with Gasteiger partial charge in [-0.1, -0.05) is 18.7 Å². The van der Waals surface area contributed by atoms with E-state index in [1.54, 1.807) is 20.4 Å². The van der Waals surface area contributed by atoms with Crippen LogP contribution in [0.4, 0.5) is 9.59 Å². The maximum atomic E-state index is 11.3. The van der Waals surface area contributed by atoms with E-state index >= 15 is 0 Å². The molecular formula is C9H18N4O2S. The largest absolute Gasteiger partial charge is 0.345 e. The maximum absolute atomic E-state index is 11.3. The normalized spacial score (nSPS) is 10.9. The number of carbonyl (C=O) groups excluding carboxylic acids is 2. The van der Waals surface area contributed by atoms with Crippen LogP contribution >= 0.6 is 11.8 Å². The van der Waals surface area contributed by atoms with E-state index in [1.807, 2.05) is 6.92 Å². The molecule has 0 saturated heterocycles. The van der Waals surface area contributed by atoms with Gasteiger partial charge in [-0.2, -0.15) is 4.99 Å². The number of carbonyl (C=O) groups is 2. The first-order valence-electron chi connectivity index (χ1n) is 4.90. The third-order valence-corrected chi connectivity index (χ3v) is 2.11. The second-order valence-corrected chi connectivity index (χ2v) is 3.97. The number of hydrogen-bond donors (Lipinski definition) is 2. The molecule has 0 radical (unpaired) electrons. The molecule has 0 unspecified atom stereocenters. The number of aliphatic imine (C=N–C) groups is 1. The quantitative estimate of drug-likeness (QED) is 0.566. The van der Waals surface area contributed by atoms with Crippen LogP contribution in [-0.4, -0.2) is 49.0 Å². The highest BCUT2D eigenvalue weighted by Crippen LogP contribution is 1.97. The minimum atomic E-state index is -0.403. The monoisotopic (exact) mass is 246 g/mol. The first-order valence-corrected chi connectivity index (χ1v) is 6.12. The molecule has 0 aromatic heterocycles. The van der Waals surface area contributed by atoms with Gasteiger partial charge < -0.3 is 10.2 Å². The van der Waals surface area contributed by atoms with E-state index in [-0.39, 0.29) is 11.2 Å². The van der Waals surface area contributed by atoms with E-state index in [0.29, 0.717) is 6.54 Å². The van der Waals surface area contributed by atoms with Crippen molar-refractivity contribution in [3.63, 3.8) is 0 Å². The standard InChI is InChI=1S/C9H18N4O2S/c1-5-6-10-7(14)11-8(16-4)12-9(15)13(2)3/h5-6H2,1-4H3,(H2,10,11,12,14,15). The van der Waals surface area contributed by atoms with Crippen molar-refractivity contribution in [2.24, 2.45) is 4.99 Å². The Kier molecular flexibility index (Phi) is 7.36. The summed E-state index contributed by atoms with van der Waals surface area (Å²) in [5.74, 6) is 0. The third-order valence-electron chi connectivity index (χ3n) is 1.53. The van der Waals surface area contributed by atoms with Crippen LogP contribution in [0, 0.1) is 0 Å². The Morgan fingerprint density at radius 2 is 2.00 bits per heavy atom. The fourth-order valence-electron chi connectivity index (χ4n) is 0.691. The zero-order valence-electron chi connectivity index (χ0n) is 10.0. The molecule has 0 aliphatic heterocycles. The highest BCUT2D eigenvalue weighted by atomic mass is 32.2. The van der Waals surface area contributed by atoms with Gasteiger partial charge in [0.2, 0.25) is 0 Å². The third kappa shape index (κ3) is 6.28. The molecule has 92 valence electrons. The number of nitrogens with one attached hydrogen (secondary N) is 2. The summed E-state index contributed by atoms with van der Waals surface area (Å²) in [7, 11) is 3.20. The summed E-state index contributed by atoms with van der Waals surface area (Å²) in [4.78, 5) is 27.6. The van der Waals surface area contributed by atoms with Gasteiger partial charge >= 0.3 is 12.1 Å². The Hall–Kier alpha value is -1.24. The van der Waals surface area contributed by atoms with Gasteiger partial charge in [-0.25, -0.2) is 9.59 Å². The van der Waals surface area contributed by atoms with E-state index in [2.05, 4.69) is 15.6 Å². The van der Waals surface area contributed by atoms with Crippen LogP contribution in [0.1, 0.15) is 13.3 Å². The first kappa shape index (κ1) is 14.8. The Labute approximate surface area is 99.9 Å². The lowest BCUT2D eigenvalue weighted by Crippen LogP contribution is -2.39. The Morgan fingerprint density at radius 1 is 1.38 bits per heavy atom. The number of hydrogen-bond acceptors (Lipinski definition) is 3. The fourth-order valence-corrected chi connectivity index (χ4v) is 1.06. The smallest absolute Gasteiger partial charge is 0.338 e. The molecule has 16 heavy (non-hydrogen) atoms. The number of rotatable bonds is 2. The lowest BCUT2D eigenvalue weighted by molar-refractivity contribution is 0.227. The van der Waals surface area contributed by atoms with Crippen LogP contribution < -0.4 is 10.6 Å². The van der Waals surface area contributed by atoms with Crippen LogP contribution in [0.5, 0.6) is 0 Å². The molecule has 2 N–H and O–H groups in total. The van der Waals surface area contributed by atoms with Crippen molar-refractivity contribution < 1.29 is 9.59 Å². The molecule has 0 bridgehead atoms. The van der Waals surface area contributed by atoms with Gasteiger partial charge in [-0.3, -0.25) is 5.32 Å². The van der Waals surface area contributed by atoms with Gasteiger partial charge in [0.1, 0.15) is 0 Å². The van der Waals surface area contributed by atoms with E-state index < -0.39 is 6.03 Å². The van der Waals surface area contributed by atoms with Crippen molar-refractivity contribution in [1.82, 2.24) is 15.5 Å². The molecule has 6 nitrogen and oxygen atoms in total. The second-order valence-electron chi connectivity index (χ2n) is 3.18. The molecule has 4 amide bonds. The molecule has 0 aliphatic rings. The Bertz CT molecular complexity index is 279. The Morgan fingerprint density at radius 3 is 2.44 bits per heavy atom. The maximum Gasteiger partial charge on any atom is 0.345 e. The fraction of sp³-hybridized carbons (Fsp3) is 0.667. The zero-order valence-corrected chi connectivity index (χ0v) is 10.8. The van der Waals surface area contributed by atoms with Gasteiger partial charge in [0.15, 0.2) is 5.17 Å². The van der Waals surface area contributed by atoms with Gasteiger partial charge in [0.05, 0.1) is 0 Å². The molecule has 0 saturated carbocycles. The summed E-state index contributed by atoms with van der Waals surface area (Å²) < 4.78 is 0. The molecule has 0 atom stereocenters. The number of amides is 4. The van der Waals surface area contributed by atoms with E-state index in [1.165, 1.54) is 16.7 Å². The van der Waals surface area contributed by atoms with Crippen molar-refractivity contribution in [2.45, 2.75) is 13.3 Å². The molecule has 0 spiro atoms. The molecular weight excluding hydrogens is 228 g/mol. The molecule has 0 rings (SSSR count). The zero-order chi connectivity index (χ0) is 12.6. The average molecular weight is 246 g/mol. The predicted molar refractivity (Wildman–Crippen MR) is 66.9 cm³/mol. The highest BCUT2D eigenvalue weighted by Gasteiger charge is 2.07. The summed E-state index contributed by atoms with van der Waals surface area (Å²) in [6.07, 6.45) is 2.59. The summed E-state index contributed by atoms with van der Waals surface area (Å²) >= 11 is 1.21. The second kappa shape index (κ2) is 7.98. The minimum Gasteiger partial charge on any atom is -0.338 e. The van der Waals surface area contributed by atoms with Gasteiger partial charge in [0.25, 0.3) is 0 Å². The SMILES string of the molecule is CCCNC(=O)NC(=NC(=O)N(C)C)SC. The summed E-state index contributed by atoms with van der Waals surface area (Å²) in [5, 5.41) is 5.42. The van der Waals surface area contributed by atoms with E-state index in [9.17, 15) is 9.59 Å². The van der Waals surface area contributed by atoms with E-state index in [4.69, 9.17) is 0 Å². The van der Waals surface area contributed by atoms with Crippen molar-refractivity contribution in [1.29, 1.82) is 0 Å². The Balaban J connectivity index is 4.29. The van der Waals surface area contributed by atoms with Gasteiger partial charge in [0, 0.05) is 20.6 Å². The molecule has 0 heterocycles. The topological polar surface area (TPSA) is 73.8 Å². The molecule has 0 aromatic carbocycles. The van der Waals surface area contributed by atoms with Crippen LogP contribution in [0.2, 0.25) is 0 Å². The van der Waals surface area contributed by atoms with Crippen molar-refractivity contribution >= 4 is 29.0 Å². The molecule has 7 heteroatoms. The lowest BCUT2D eigenvalue weighted by atomic mass is 10.5. The van der Waals surface area contributed by atoms with Crippen molar-refractivity contribution in [2.75, 3.05) is 26.9 Å². The predicted octanol–water partition coefficient (Wildman–Crippen LogP) is 1.10. The summed E-state index contributed by atoms with van der Waals surface area (Å²) in [5.41, 5.74) is 0. The number of nitrogens with zero attached hydrogens (tertiary/aromatic N) is 2. The van der Waals surface area contributed by atoms with Crippen molar-refractivity contribution in [3.05, 3.63) is 0 Å². The number of amidine groups is 1. The average Bonchev–Trinajstić information content (AvgIpc) is 2.24. The van der Waals surface area contributed by atoms with E-state index in [0.717, 1.165) is 6.42 Å². The summed E-state index contributed by atoms with van der Waals surface area (Å²) in [6.45, 7) is 2.55. The molecule has 0 aliphatic carbocycles. The van der Waals surface area contributed by atoms with Crippen LogP contribution in [0.15, 0.2) is 4.99 Å².